The number of carbonyl (C=O) groups is 2. The summed E-state index contributed by atoms with van der Waals surface area (Å²) >= 11 is 0. The highest BCUT2D eigenvalue weighted by Gasteiger charge is 2.20. The first-order valence-corrected chi connectivity index (χ1v) is 9.77. The molecular weight excluding hydrogens is 332 g/mol. The van der Waals surface area contributed by atoms with Gasteiger partial charge in [-0.3, -0.25) is 9.59 Å². The van der Waals surface area contributed by atoms with Gasteiger partial charge in [0.1, 0.15) is 25.3 Å². The van der Waals surface area contributed by atoms with Crippen LogP contribution in [-0.2, 0) is 19.1 Å². The number of hydrogen-bond donors (Lipinski definition) is 0. The maximum absolute atomic E-state index is 11.7. The minimum Gasteiger partial charge on any atom is -0.459 e. The summed E-state index contributed by atoms with van der Waals surface area (Å²) in [6.45, 7) is 5.07. The zero-order valence-corrected chi connectivity index (χ0v) is 18.3. The SMILES string of the molecule is C[C@H](COC(=O)CCCCCCC(=O)OC[C@@H](C)[N+](C)(C)C)[N+](C)(C)C. The normalized spacial score (nSPS) is 14.6. The van der Waals surface area contributed by atoms with Gasteiger partial charge in [-0.15, -0.1) is 0 Å². The number of hydrogen-bond acceptors (Lipinski definition) is 4. The molecule has 2 atom stereocenters. The van der Waals surface area contributed by atoms with Gasteiger partial charge in [-0.1, -0.05) is 12.8 Å². The van der Waals surface area contributed by atoms with Crippen LogP contribution >= 0.6 is 0 Å². The lowest BCUT2D eigenvalue weighted by atomic mass is 10.1. The van der Waals surface area contributed by atoms with Crippen LogP contribution in [0.1, 0.15) is 52.4 Å². The Bertz CT molecular complexity index is 385. The fourth-order valence-electron chi connectivity index (χ4n) is 1.91. The number of carbonyl (C=O) groups excluding carboxylic acids is 2. The van der Waals surface area contributed by atoms with E-state index in [1.54, 1.807) is 0 Å². The molecule has 0 saturated carbocycles. The Morgan fingerprint density at radius 2 is 0.962 bits per heavy atom. The summed E-state index contributed by atoms with van der Waals surface area (Å²) in [5.41, 5.74) is 0. The van der Waals surface area contributed by atoms with Crippen LogP contribution in [0.5, 0.6) is 0 Å². The highest BCUT2D eigenvalue weighted by Crippen LogP contribution is 2.09. The zero-order valence-electron chi connectivity index (χ0n) is 18.3. The number of esters is 2. The van der Waals surface area contributed by atoms with Gasteiger partial charge in [0.2, 0.25) is 0 Å². The van der Waals surface area contributed by atoms with Crippen molar-refractivity contribution in [3.05, 3.63) is 0 Å². The van der Waals surface area contributed by atoms with Gasteiger partial charge in [0.05, 0.1) is 42.3 Å². The summed E-state index contributed by atoms with van der Waals surface area (Å²) in [5.74, 6) is -0.252. The maximum Gasteiger partial charge on any atom is 0.306 e. The zero-order chi connectivity index (χ0) is 20.4. The second kappa shape index (κ2) is 11.5. The van der Waals surface area contributed by atoms with Gasteiger partial charge in [-0.25, -0.2) is 0 Å². The summed E-state index contributed by atoms with van der Waals surface area (Å²) in [6.07, 6.45) is 4.39. The Kier molecular flexibility index (Phi) is 11.0. The van der Waals surface area contributed by atoms with Gasteiger partial charge in [0.15, 0.2) is 0 Å². The molecule has 0 aliphatic heterocycles. The van der Waals surface area contributed by atoms with Crippen LogP contribution in [0.4, 0.5) is 0 Å². The maximum atomic E-state index is 11.7. The van der Waals surface area contributed by atoms with Gasteiger partial charge in [-0.05, 0) is 26.7 Å². The number of unbranched alkanes of at least 4 members (excludes halogenated alkanes) is 3. The molecule has 154 valence electrons. The monoisotopic (exact) mass is 374 g/mol. The molecule has 0 aromatic rings. The van der Waals surface area contributed by atoms with E-state index in [0.29, 0.717) is 26.1 Å². The topological polar surface area (TPSA) is 52.6 Å². The van der Waals surface area contributed by atoms with Crippen molar-refractivity contribution >= 4 is 11.9 Å². The molecule has 6 nitrogen and oxygen atoms in total. The Hall–Kier alpha value is -1.14. The van der Waals surface area contributed by atoms with Crippen molar-refractivity contribution in [2.45, 2.75) is 64.5 Å². The third-order valence-electron chi connectivity index (χ3n) is 5.13. The molecule has 0 N–H and O–H groups in total. The van der Waals surface area contributed by atoms with Crippen molar-refractivity contribution in [3.8, 4) is 0 Å². The van der Waals surface area contributed by atoms with Crippen molar-refractivity contribution in [1.82, 2.24) is 0 Å². The lowest BCUT2D eigenvalue weighted by molar-refractivity contribution is -0.894. The number of likely N-dealkylation sites (N-methyl/N-ethyl adjacent to an activating group) is 2. The lowest BCUT2D eigenvalue weighted by Crippen LogP contribution is -2.46. The minimum atomic E-state index is -0.126. The molecule has 26 heavy (non-hydrogen) atoms. The average molecular weight is 375 g/mol. The van der Waals surface area contributed by atoms with Crippen LogP contribution in [0.25, 0.3) is 0 Å². The molecule has 0 bridgehead atoms. The molecule has 0 radical (unpaired) electrons. The second-order valence-electron chi connectivity index (χ2n) is 9.21. The van der Waals surface area contributed by atoms with Gasteiger partial charge in [-0.2, -0.15) is 0 Å². The summed E-state index contributed by atoms with van der Waals surface area (Å²) < 4.78 is 12.2. The van der Waals surface area contributed by atoms with E-state index in [0.717, 1.165) is 34.6 Å². The Labute approximate surface area is 160 Å². The first-order valence-electron chi connectivity index (χ1n) is 9.77. The number of rotatable bonds is 13. The van der Waals surface area contributed by atoms with E-state index >= 15 is 0 Å². The predicted octanol–water partition coefficient (Wildman–Crippen LogP) is 2.60. The molecule has 0 saturated heterocycles. The van der Waals surface area contributed by atoms with Gasteiger partial charge in [0.25, 0.3) is 0 Å². The van der Waals surface area contributed by atoms with Crippen molar-refractivity contribution in [2.75, 3.05) is 55.5 Å². The van der Waals surface area contributed by atoms with Gasteiger partial charge >= 0.3 is 11.9 Å². The van der Waals surface area contributed by atoms with Gasteiger partial charge in [0, 0.05) is 12.8 Å². The van der Waals surface area contributed by atoms with Crippen LogP contribution in [0, 0.1) is 0 Å². The minimum absolute atomic E-state index is 0.126. The molecule has 0 heterocycles. The van der Waals surface area contributed by atoms with Crippen LogP contribution < -0.4 is 0 Å². The van der Waals surface area contributed by atoms with E-state index in [1.807, 2.05) is 0 Å². The Morgan fingerprint density at radius 3 is 1.23 bits per heavy atom. The van der Waals surface area contributed by atoms with Crippen LogP contribution in [0.15, 0.2) is 0 Å². The van der Waals surface area contributed by atoms with E-state index in [2.05, 4.69) is 56.1 Å². The van der Waals surface area contributed by atoms with Crippen LogP contribution in [-0.4, -0.2) is 88.5 Å². The van der Waals surface area contributed by atoms with Crippen molar-refractivity contribution < 1.29 is 28.0 Å². The molecule has 6 heteroatoms. The van der Waals surface area contributed by atoms with E-state index in [9.17, 15) is 9.59 Å². The van der Waals surface area contributed by atoms with E-state index in [1.165, 1.54) is 0 Å². The summed E-state index contributed by atoms with van der Waals surface area (Å²) in [5, 5.41) is 0. The summed E-state index contributed by atoms with van der Waals surface area (Å²) in [7, 11) is 12.5. The van der Waals surface area contributed by atoms with Gasteiger partial charge < -0.3 is 18.4 Å². The molecule has 0 aromatic heterocycles. The lowest BCUT2D eigenvalue weighted by Gasteiger charge is -2.31. The highest BCUT2D eigenvalue weighted by molar-refractivity contribution is 5.69. The molecule has 0 aliphatic rings. The highest BCUT2D eigenvalue weighted by atomic mass is 16.5. The fourth-order valence-corrected chi connectivity index (χ4v) is 1.91. The first kappa shape index (κ1) is 24.9. The number of quaternary nitrogens is 2. The number of ether oxygens (including phenoxy) is 2. The van der Waals surface area contributed by atoms with Crippen molar-refractivity contribution in [3.63, 3.8) is 0 Å². The second-order valence-corrected chi connectivity index (χ2v) is 9.21. The Balaban J connectivity index is 3.66. The molecule has 0 aromatic carbocycles. The number of nitrogens with zero attached hydrogens (tertiary/aromatic N) is 2. The summed E-state index contributed by atoms with van der Waals surface area (Å²) in [4.78, 5) is 23.5. The Morgan fingerprint density at radius 1 is 0.654 bits per heavy atom. The van der Waals surface area contributed by atoms with E-state index in [4.69, 9.17) is 9.47 Å². The average Bonchev–Trinajstić information content (AvgIpc) is 2.51. The smallest absolute Gasteiger partial charge is 0.306 e. The third kappa shape index (κ3) is 12.3. The molecule has 0 fully saturated rings. The molecule has 0 rings (SSSR count). The first-order chi connectivity index (χ1) is 11.8. The van der Waals surface area contributed by atoms with Crippen LogP contribution in [0.3, 0.4) is 0 Å². The largest absolute Gasteiger partial charge is 0.459 e. The fraction of sp³-hybridized carbons (Fsp3) is 0.900. The van der Waals surface area contributed by atoms with Crippen molar-refractivity contribution in [1.29, 1.82) is 0 Å². The predicted molar refractivity (Wildman–Crippen MR) is 105 cm³/mol. The standard InChI is InChI=1S/C20H42N2O4/c1-17(21(3,4)5)15-25-19(23)13-11-9-10-12-14-20(24)26-16-18(2)22(6,7)8/h17-18H,9-16H2,1-8H3/q+2/t17-,18-/m1/s1. The molecule has 0 aliphatic carbocycles. The molecule has 0 amide bonds. The summed E-state index contributed by atoms with van der Waals surface area (Å²) in [6, 6.07) is 0.564. The van der Waals surface area contributed by atoms with Crippen LogP contribution in [0.2, 0.25) is 0 Å². The van der Waals surface area contributed by atoms with Crippen molar-refractivity contribution in [2.24, 2.45) is 0 Å². The molecule has 0 spiro atoms. The quantitative estimate of drug-likeness (QED) is 0.282. The van der Waals surface area contributed by atoms with E-state index in [-0.39, 0.29) is 24.0 Å². The third-order valence-corrected chi connectivity index (χ3v) is 5.13. The molecule has 0 unspecified atom stereocenters. The molecular formula is C20H42N2O4+2. The van der Waals surface area contributed by atoms with E-state index < -0.39 is 0 Å².